The Bertz CT molecular complexity index is 949. The maximum absolute atomic E-state index is 12.5. The van der Waals surface area contributed by atoms with Crippen molar-refractivity contribution in [1.29, 1.82) is 0 Å². The monoisotopic (exact) mass is 400 g/mol. The van der Waals surface area contributed by atoms with E-state index in [0.29, 0.717) is 17.4 Å². The molecule has 1 N–H and O–H groups in total. The standard InChI is InChI=1S/C19H20N4O2S2/c1-3-25-13-6-4-12(5-7-13)18-20-15(11-26-18)17(24)22-19-21-14-8-9-23(2)10-16(14)27-19/h4-7,11H,3,8-10H2,1-2H3,(H,21,22,24). The van der Waals surface area contributed by atoms with Crippen molar-refractivity contribution in [1.82, 2.24) is 14.9 Å². The van der Waals surface area contributed by atoms with Crippen LogP contribution in [0.1, 0.15) is 28.0 Å². The van der Waals surface area contributed by atoms with Crippen molar-refractivity contribution in [2.24, 2.45) is 0 Å². The molecule has 1 aliphatic heterocycles. The zero-order valence-electron chi connectivity index (χ0n) is 15.2. The summed E-state index contributed by atoms with van der Waals surface area (Å²) in [5, 5.41) is 6.13. The molecule has 0 fully saturated rings. The van der Waals surface area contributed by atoms with Gasteiger partial charge in [-0.2, -0.15) is 0 Å². The minimum Gasteiger partial charge on any atom is -0.494 e. The molecule has 0 saturated carbocycles. The molecule has 4 rings (SSSR count). The number of hydrogen-bond donors (Lipinski definition) is 1. The first-order chi connectivity index (χ1) is 13.1. The second-order valence-corrected chi connectivity index (χ2v) is 8.27. The first-order valence-corrected chi connectivity index (χ1v) is 10.5. The lowest BCUT2D eigenvalue weighted by atomic mass is 10.2. The molecule has 1 aromatic carbocycles. The van der Waals surface area contributed by atoms with E-state index in [2.05, 4.69) is 27.2 Å². The van der Waals surface area contributed by atoms with Gasteiger partial charge in [0.05, 0.1) is 12.3 Å². The summed E-state index contributed by atoms with van der Waals surface area (Å²) < 4.78 is 5.46. The van der Waals surface area contributed by atoms with Crippen molar-refractivity contribution in [2.75, 3.05) is 25.5 Å². The van der Waals surface area contributed by atoms with E-state index in [0.717, 1.165) is 41.5 Å². The number of hydrogen-bond acceptors (Lipinski definition) is 7. The molecule has 27 heavy (non-hydrogen) atoms. The van der Waals surface area contributed by atoms with Crippen LogP contribution in [-0.4, -0.2) is 41.0 Å². The van der Waals surface area contributed by atoms with Gasteiger partial charge < -0.3 is 9.64 Å². The molecule has 3 heterocycles. The van der Waals surface area contributed by atoms with Crippen LogP contribution in [0.3, 0.4) is 0 Å². The Balaban J connectivity index is 1.46. The lowest BCUT2D eigenvalue weighted by Crippen LogP contribution is -2.25. The Morgan fingerprint density at radius 1 is 1.30 bits per heavy atom. The highest BCUT2D eigenvalue weighted by molar-refractivity contribution is 7.16. The molecule has 0 aliphatic carbocycles. The van der Waals surface area contributed by atoms with Crippen molar-refractivity contribution < 1.29 is 9.53 Å². The van der Waals surface area contributed by atoms with Gasteiger partial charge in [-0.15, -0.1) is 22.7 Å². The molecule has 6 nitrogen and oxygen atoms in total. The highest BCUT2D eigenvalue weighted by Crippen LogP contribution is 2.29. The van der Waals surface area contributed by atoms with Gasteiger partial charge in [-0.3, -0.25) is 10.1 Å². The van der Waals surface area contributed by atoms with Gasteiger partial charge in [-0.25, -0.2) is 9.97 Å². The number of rotatable bonds is 5. The number of thiazole rings is 2. The lowest BCUT2D eigenvalue weighted by molar-refractivity contribution is 0.102. The van der Waals surface area contributed by atoms with Gasteiger partial charge in [0.15, 0.2) is 5.13 Å². The number of carbonyl (C=O) groups excluding carboxylic acids is 1. The van der Waals surface area contributed by atoms with E-state index < -0.39 is 0 Å². The van der Waals surface area contributed by atoms with Gasteiger partial charge in [0.25, 0.3) is 5.91 Å². The molecule has 0 spiro atoms. The highest BCUT2D eigenvalue weighted by Gasteiger charge is 2.20. The highest BCUT2D eigenvalue weighted by atomic mass is 32.1. The molecule has 0 atom stereocenters. The van der Waals surface area contributed by atoms with E-state index in [-0.39, 0.29) is 5.91 Å². The molecule has 0 radical (unpaired) electrons. The fourth-order valence-corrected chi connectivity index (χ4v) is 4.80. The fourth-order valence-electron chi connectivity index (χ4n) is 2.91. The minimum atomic E-state index is -0.220. The van der Waals surface area contributed by atoms with E-state index >= 15 is 0 Å². The molecule has 2 aromatic heterocycles. The first kappa shape index (κ1) is 18.1. The summed E-state index contributed by atoms with van der Waals surface area (Å²) >= 11 is 3.00. The molecule has 0 unspecified atom stereocenters. The zero-order chi connectivity index (χ0) is 18.8. The van der Waals surface area contributed by atoms with Gasteiger partial charge in [0, 0.05) is 35.3 Å². The van der Waals surface area contributed by atoms with Crippen LogP contribution in [0.25, 0.3) is 10.6 Å². The van der Waals surface area contributed by atoms with Crippen LogP contribution in [-0.2, 0) is 13.0 Å². The van der Waals surface area contributed by atoms with Gasteiger partial charge in [-0.05, 0) is 38.2 Å². The molecule has 3 aromatic rings. The summed E-state index contributed by atoms with van der Waals surface area (Å²) in [4.78, 5) is 25.1. The van der Waals surface area contributed by atoms with Crippen LogP contribution in [0.15, 0.2) is 29.6 Å². The van der Waals surface area contributed by atoms with Gasteiger partial charge in [-0.1, -0.05) is 0 Å². The normalized spacial score (nSPS) is 14.0. The maximum atomic E-state index is 12.5. The number of aromatic nitrogens is 2. The van der Waals surface area contributed by atoms with Crippen LogP contribution in [0.4, 0.5) is 5.13 Å². The first-order valence-electron chi connectivity index (χ1n) is 8.79. The summed E-state index contributed by atoms with van der Waals surface area (Å²) in [5.41, 5.74) is 2.48. The van der Waals surface area contributed by atoms with E-state index in [4.69, 9.17) is 4.74 Å². The van der Waals surface area contributed by atoms with Gasteiger partial charge in [0.1, 0.15) is 16.5 Å². The predicted octanol–water partition coefficient (Wildman–Crippen LogP) is 3.91. The second-order valence-electron chi connectivity index (χ2n) is 6.33. The predicted molar refractivity (Wildman–Crippen MR) is 109 cm³/mol. The number of likely N-dealkylation sites (N-methyl/N-ethyl adjacent to an activating group) is 1. The number of anilines is 1. The van der Waals surface area contributed by atoms with Crippen LogP contribution in [0.5, 0.6) is 5.75 Å². The second kappa shape index (κ2) is 7.75. The van der Waals surface area contributed by atoms with Crippen LogP contribution in [0, 0.1) is 0 Å². The molecular weight excluding hydrogens is 380 g/mol. The minimum absolute atomic E-state index is 0.220. The molecule has 140 valence electrons. The van der Waals surface area contributed by atoms with Crippen molar-refractivity contribution in [2.45, 2.75) is 19.9 Å². The fraction of sp³-hybridized carbons (Fsp3) is 0.316. The molecule has 0 bridgehead atoms. The van der Waals surface area contributed by atoms with E-state index in [1.807, 2.05) is 31.2 Å². The zero-order valence-corrected chi connectivity index (χ0v) is 16.8. The molecular formula is C19H20N4O2S2. The van der Waals surface area contributed by atoms with Crippen LogP contribution < -0.4 is 10.1 Å². The van der Waals surface area contributed by atoms with Crippen molar-refractivity contribution in [3.8, 4) is 16.3 Å². The van der Waals surface area contributed by atoms with E-state index in [9.17, 15) is 4.79 Å². The van der Waals surface area contributed by atoms with Gasteiger partial charge >= 0.3 is 0 Å². The van der Waals surface area contributed by atoms with Crippen molar-refractivity contribution in [3.63, 3.8) is 0 Å². The molecule has 0 saturated heterocycles. The van der Waals surface area contributed by atoms with Crippen molar-refractivity contribution >= 4 is 33.7 Å². The van der Waals surface area contributed by atoms with Gasteiger partial charge in [0.2, 0.25) is 0 Å². The van der Waals surface area contributed by atoms with Crippen LogP contribution >= 0.6 is 22.7 Å². The van der Waals surface area contributed by atoms with Crippen molar-refractivity contribution in [3.05, 3.63) is 45.9 Å². The number of fused-ring (bicyclic) bond motifs is 1. The number of ether oxygens (including phenoxy) is 1. The SMILES string of the molecule is CCOc1ccc(-c2nc(C(=O)Nc3nc4c(s3)CN(C)CC4)cs2)cc1. The summed E-state index contributed by atoms with van der Waals surface area (Å²) in [7, 11) is 2.10. The van der Waals surface area contributed by atoms with E-state index in [1.54, 1.807) is 16.7 Å². The molecule has 8 heteroatoms. The largest absolute Gasteiger partial charge is 0.494 e. The topological polar surface area (TPSA) is 67.3 Å². The Morgan fingerprint density at radius 2 is 2.11 bits per heavy atom. The summed E-state index contributed by atoms with van der Waals surface area (Å²) in [6.45, 7) is 4.48. The smallest absolute Gasteiger partial charge is 0.276 e. The molecule has 1 aliphatic rings. The quantitative estimate of drug-likeness (QED) is 0.703. The molecule has 1 amide bonds. The van der Waals surface area contributed by atoms with Crippen LogP contribution in [0.2, 0.25) is 0 Å². The average molecular weight is 401 g/mol. The maximum Gasteiger partial charge on any atom is 0.276 e. The third-order valence-electron chi connectivity index (χ3n) is 4.29. The Labute approximate surface area is 165 Å². The average Bonchev–Trinajstić information content (AvgIpc) is 3.29. The Hall–Kier alpha value is -2.29. The Kier molecular flexibility index (Phi) is 5.20. The third-order valence-corrected chi connectivity index (χ3v) is 6.18. The number of benzene rings is 1. The number of nitrogens with zero attached hydrogens (tertiary/aromatic N) is 3. The van der Waals surface area contributed by atoms with E-state index in [1.165, 1.54) is 16.2 Å². The summed E-state index contributed by atoms with van der Waals surface area (Å²) in [6, 6.07) is 7.74. The third kappa shape index (κ3) is 4.02. The number of nitrogens with one attached hydrogen (secondary N) is 1. The summed E-state index contributed by atoms with van der Waals surface area (Å²) in [5.74, 6) is 0.608. The lowest BCUT2D eigenvalue weighted by Gasteiger charge is -2.20. The summed E-state index contributed by atoms with van der Waals surface area (Å²) in [6.07, 6.45) is 0.927. The number of amides is 1. The number of carbonyl (C=O) groups is 1. The Morgan fingerprint density at radius 3 is 2.89 bits per heavy atom.